The average molecular weight is 347 g/mol. The Morgan fingerprint density at radius 3 is 2.88 bits per heavy atom. The Bertz CT molecular complexity index is 703. The Morgan fingerprint density at radius 1 is 1.24 bits per heavy atom. The van der Waals surface area contributed by atoms with Crippen LogP contribution in [0.3, 0.4) is 0 Å². The van der Waals surface area contributed by atoms with E-state index in [4.69, 9.17) is 0 Å². The van der Waals surface area contributed by atoms with Gasteiger partial charge in [0.2, 0.25) is 5.91 Å². The first kappa shape index (κ1) is 17.6. The smallest absolute Gasteiger partial charge is 0.223 e. The van der Waals surface area contributed by atoms with Crippen LogP contribution >= 0.6 is 0 Å². The molecule has 1 aromatic heterocycles. The van der Waals surface area contributed by atoms with Gasteiger partial charge in [0, 0.05) is 37.9 Å². The van der Waals surface area contributed by atoms with Crippen LogP contribution in [0.15, 0.2) is 36.9 Å². The van der Waals surface area contributed by atoms with E-state index in [1.807, 2.05) is 15.7 Å². The number of rotatable bonds is 6. The number of carbonyl (C=O) groups is 1. The molecule has 1 aromatic carbocycles. The number of benzene rings is 1. The molecule has 0 N–H and O–H groups in total. The van der Waals surface area contributed by atoms with Gasteiger partial charge >= 0.3 is 0 Å². The zero-order valence-electron chi connectivity index (χ0n) is 14.2. The lowest BCUT2D eigenvalue weighted by Gasteiger charge is -2.36. The third-order valence-electron chi connectivity index (χ3n) is 4.84. The minimum atomic E-state index is -0.860. The molecule has 0 bridgehead atoms. The van der Waals surface area contributed by atoms with Crippen molar-refractivity contribution in [2.45, 2.75) is 51.1 Å². The maximum atomic E-state index is 13.3. The number of hydrogen-bond acceptors (Lipinski definition) is 2. The highest BCUT2D eigenvalue weighted by atomic mass is 19.2. The fraction of sp³-hybridized carbons (Fsp3) is 0.474. The summed E-state index contributed by atoms with van der Waals surface area (Å²) in [6, 6.07) is 4.08. The highest BCUT2D eigenvalue weighted by molar-refractivity contribution is 5.77. The van der Waals surface area contributed by atoms with Gasteiger partial charge in [-0.05, 0) is 49.8 Å². The van der Waals surface area contributed by atoms with Gasteiger partial charge in [-0.2, -0.15) is 0 Å². The molecule has 4 nitrogen and oxygen atoms in total. The van der Waals surface area contributed by atoms with Crippen LogP contribution in [0.5, 0.6) is 0 Å². The largest absolute Gasteiger partial charge is 0.340 e. The predicted molar refractivity (Wildman–Crippen MR) is 90.9 cm³/mol. The second-order valence-electron chi connectivity index (χ2n) is 6.57. The van der Waals surface area contributed by atoms with E-state index >= 15 is 0 Å². The van der Waals surface area contributed by atoms with E-state index < -0.39 is 11.6 Å². The van der Waals surface area contributed by atoms with Crippen molar-refractivity contribution in [3.05, 3.63) is 54.1 Å². The van der Waals surface area contributed by atoms with E-state index in [0.29, 0.717) is 18.4 Å². The molecule has 1 aliphatic heterocycles. The Hall–Kier alpha value is -2.24. The van der Waals surface area contributed by atoms with Crippen LogP contribution in [0.4, 0.5) is 8.78 Å². The average Bonchev–Trinajstić information content (AvgIpc) is 3.14. The summed E-state index contributed by atoms with van der Waals surface area (Å²) in [5, 5.41) is 0. The summed E-state index contributed by atoms with van der Waals surface area (Å²) in [4.78, 5) is 18.6. The quantitative estimate of drug-likeness (QED) is 0.801. The van der Waals surface area contributed by atoms with Gasteiger partial charge in [0.25, 0.3) is 0 Å². The number of nitrogens with zero attached hydrogens (tertiary/aromatic N) is 3. The van der Waals surface area contributed by atoms with E-state index in [2.05, 4.69) is 4.98 Å². The van der Waals surface area contributed by atoms with E-state index in [0.717, 1.165) is 44.8 Å². The molecule has 1 aliphatic rings. The number of carbonyl (C=O) groups excluding carboxylic acids is 1. The number of piperidine rings is 1. The van der Waals surface area contributed by atoms with Crippen molar-refractivity contribution >= 4 is 5.91 Å². The van der Waals surface area contributed by atoms with Gasteiger partial charge in [-0.15, -0.1) is 0 Å². The van der Waals surface area contributed by atoms with Crippen LogP contribution in [-0.4, -0.2) is 32.9 Å². The maximum Gasteiger partial charge on any atom is 0.223 e. The number of likely N-dealkylation sites (tertiary alicyclic amines) is 1. The minimum Gasteiger partial charge on any atom is -0.340 e. The van der Waals surface area contributed by atoms with Gasteiger partial charge in [0.05, 0.1) is 6.33 Å². The molecular weight excluding hydrogens is 324 g/mol. The van der Waals surface area contributed by atoms with E-state index in [9.17, 15) is 13.6 Å². The Balaban J connectivity index is 1.55. The van der Waals surface area contributed by atoms with Crippen LogP contribution in [0, 0.1) is 11.6 Å². The van der Waals surface area contributed by atoms with Crippen molar-refractivity contribution in [1.29, 1.82) is 0 Å². The number of aryl methyl sites for hydroxylation is 2. The Morgan fingerprint density at radius 2 is 2.12 bits per heavy atom. The molecule has 1 fully saturated rings. The van der Waals surface area contributed by atoms with Gasteiger partial charge in [0.15, 0.2) is 11.6 Å². The van der Waals surface area contributed by atoms with Gasteiger partial charge in [0.1, 0.15) is 0 Å². The monoisotopic (exact) mass is 347 g/mol. The predicted octanol–water partition coefficient (Wildman–Crippen LogP) is 3.57. The standard InChI is InChI=1S/C19H23F2N3O/c20-17-6-4-15(13-18(17)21)5-7-19(25)24-10-2-1-3-16(24)8-11-23-12-9-22-14-23/h4,6,9,12-14,16H,1-3,5,7-8,10-11H2. The second kappa shape index (κ2) is 8.23. The number of halogens is 2. The van der Waals surface area contributed by atoms with Gasteiger partial charge in [-0.25, -0.2) is 13.8 Å². The first-order chi connectivity index (χ1) is 12.1. The zero-order chi connectivity index (χ0) is 17.6. The molecule has 2 aromatic rings. The first-order valence-electron chi connectivity index (χ1n) is 8.82. The summed E-state index contributed by atoms with van der Waals surface area (Å²) in [5.74, 6) is -1.62. The van der Waals surface area contributed by atoms with E-state index in [1.165, 1.54) is 6.07 Å². The van der Waals surface area contributed by atoms with Gasteiger partial charge < -0.3 is 9.47 Å². The van der Waals surface area contributed by atoms with Crippen molar-refractivity contribution in [1.82, 2.24) is 14.5 Å². The molecule has 2 heterocycles. The molecule has 3 rings (SSSR count). The molecular formula is C19H23F2N3O. The van der Waals surface area contributed by atoms with Crippen LogP contribution in [0.2, 0.25) is 0 Å². The molecule has 1 atom stereocenters. The van der Waals surface area contributed by atoms with Crippen LogP contribution in [-0.2, 0) is 17.8 Å². The third kappa shape index (κ3) is 4.65. The molecule has 0 saturated carbocycles. The van der Waals surface area contributed by atoms with Crippen molar-refractivity contribution < 1.29 is 13.6 Å². The molecule has 1 amide bonds. The SMILES string of the molecule is O=C(CCc1ccc(F)c(F)c1)N1CCCCC1CCn1ccnc1. The summed E-state index contributed by atoms with van der Waals surface area (Å²) in [5.41, 5.74) is 0.652. The molecule has 6 heteroatoms. The van der Waals surface area contributed by atoms with Crippen LogP contribution < -0.4 is 0 Å². The molecule has 0 aliphatic carbocycles. The number of hydrogen-bond donors (Lipinski definition) is 0. The zero-order valence-corrected chi connectivity index (χ0v) is 14.2. The molecule has 0 spiro atoms. The maximum absolute atomic E-state index is 13.3. The lowest BCUT2D eigenvalue weighted by Crippen LogP contribution is -2.44. The minimum absolute atomic E-state index is 0.0973. The normalized spacial score (nSPS) is 17.7. The lowest BCUT2D eigenvalue weighted by atomic mass is 9.98. The second-order valence-corrected chi connectivity index (χ2v) is 6.57. The fourth-order valence-electron chi connectivity index (χ4n) is 3.44. The summed E-state index contributed by atoms with van der Waals surface area (Å²) in [6.07, 6.45) is 10.3. The molecule has 25 heavy (non-hydrogen) atoms. The summed E-state index contributed by atoms with van der Waals surface area (Å²) < 4.78 is 28.3. The molecule has 134 valence electrons. The van der Waals surface area contributed by atoms with Crippen molar-refractivity contribution in [3.8, 4) is 0 Å². The Labute approximate surface area is 146 Å². The Kier molecular flexibility index (Phi) is 5.79. The van der Waals surface area contributed by atoms with E-state index in [1.54, 1.807) is 18.6 Å². The van der Waals surface area contributed by atoms with Gasteiger partial charge in [-0.3, -0.25) is 4.79 Å². The lowest BCUT2D eigenvalue weighted by molar-refractivity contribution is -0.135. The number of amides is 1. The van der Waals surface area contributed by atoms with Crippen LogP contribution in [0.1, 0.15) is 37.7 Å². The topological polar surface area (TPSA) is 38.1 Å². The number of imidazole rings is 1. The van der Waals surface area contributed by atoms with Crippen molar-refractivity contribution in [2.24, 2.45) is 0 Å². The highest BCUT2D eigenvalue weighted by Gasteiger charge is 2.26. The molecule has 1 saturated heterocycles. The summed E-state index contributed by atoms with van der Waals surface area (Å²) >= 11 is 0. The summed E-state index contributed by atoms with van der Waals surface area (Å²) in [7, 11) is 0. The van der Waals surface area contributed by atoms with E-state index in [-0.39, 0.29) is 11.9 Å². The highest BCUT2D eigenvalue weighted by Crippen LogP contribution is 2.22. The summed E-state index contributed by atoms with van der Waals surface area (Å²) in [6.45, 7) is 1.63. The number of aromatic nitrogens is 2. The first-order valence-corrected chi connectivity index (χ1v) is 8.82. The van der Waals surface area contributed by atoms with Crippen molar-refractivity contribution in [2.75, 3.05) is 6.54 Å². The molecule has 1 unspecified atom stereocenters. The van der Waals surface area contributed by atoms with Crippen molar-refractivity contribution in [3.63, 3.8) is 0 Å². The fourth-order valence-corrected chi connectivity index (χ4v) is 3.44. The third-order valence-corrected chi connectivity index (χ3v) is 4.84. The molecule has 0 radical (unpaired) electrons. The van der Waals surface area contributed by atoms with Crippen LogP contribution in [0.25, 0.3) is 0 Å². The van der Waals surface area contributed by atoms with Gasteiger partial charge in [-0.1, -0.05) is 6.07 Å².